The number of aromatic carboxylic acids is 1. The largest absolute Gasteiger partial charge is 0.504 e. The molecule has 0 unspecified atom stereocenters. The van der Waals surface area contributed by atoms with E-state index in [1.807, 2.05) is 37.5 Å². The molecule has 0 fully saturated rings. The van der Waals surface area contributed by atoms with Gasteiger partial charge >= 0.3 is 5.97 Å². The Labute approximate surface area is 199 Å². The molecule has 34 heavy (non-hydrogen) atoms. The average Bonchev–Trinajstić information content (AvgIpc) is 3.16. The summed E-state index contributed by atoms with van der Waals surface area (Å²) in [5, 5.41) is 20.7. The number of carbonyl (C=O) groups is 1. The molecule has 0 saturated heterocycles. The van der Waals surface area contributed by atoms with Gasteiger partial charge in [-0.25, -0.2) is 4.79 Å². The number of aromatic hydroxyl groups is 1. The first-order valence-electron chi connectivity index (χ1n) is 11.0. The number of fused-ring (bicyclic) bond motifs is 3. The van der Waals surface area contributed by atoms with Crippen molar-refractivity contribution >= 4 is 5.97 Å². The van der Waals surface area contributed by atoms with E-state index in [1.54, 1.807) is 20.3 Å². The highest BCUT2D eigenvalue weighted by molar-refractivity contribution is 6.05. The van der Waals surface area contributed by atoms with Gasteiger partial charge in [0.25, 0.3) is 0 Å². The maximum atomic E-state index is 12.5. The third kappa shape index (κ3) is 3.89. The number of methoxy groups -OCH3 is 4. The zero-order chi connectivity index (χ0) is 25.2. The normalized spacial score (nSPS) is 11.5. The summed E-state index contributed by atoms with van der Waals surface area (Å²) in [5.41, 5.74) is 4.35. The molecule has 0 radical (unpaired) electrons. The zero-order valence-electron chi connectivity index (χ0n) is 20.6. The van der Waals surface area contributed by atoms with Gasteiger partial charge in [-0.1, -0.05) is 13.8 Å². The van der Waals surface area contributed by atoms with Gasteiger partial charge in [-0.2, -0.15) is 0 Å². The molecule has 0 spiro atoms. The maximum absolute atomic E-state index is 12.5. The maximum Gasteiger partial charge on any atom is 0.338 e. The summed E-state index contributed by atoms with van der Waals surface area (Å²) in [6.07, 6.45) is 0.716. The Morgan fingerprint density at radius 2 is 1.53 bits per heavy atom. The molecule has 0 atom stereocenters. The number of benzene rings is 2. The lowest BCUT2D eigenvalue weighted by atomic mass is 9.93. The van der Waals surface area contributed by atoms with Crippen molar-refractivity contribution in [3.8, 4) is 51.1 Å². The summed E-state index contributed by atoms with van der Waals surface area (Å²) in [6.45, 7) is 6.49. The van der Waals surface area contributed by atoms with Crippen molar-refractivity contribution in [2.45, 2.75) is 33.7 Å². The van der Waals surface area contributed by atoms with Crippen LogP contribution in [0, 0.1) is 6.92 Å². The molecule has 182 valence electrons. The Balaban J connectivity index is 0.00000158. The first-order chi connectivity index (χ1) is 16.4. The van der Waals surface area contributed by atoms with Gasteiger partial charge in [-0.3, -0.25) is 0 Å². The van der Waals surface area contributed by atoms with E-state index in [9.17, 15) is 15.0 Å². The van der Waals surface area contributed by atoms with Crippen molar-refractivity contribution in [3.63, 3.8) is 0 Å². The molecule has 2 N–H and O–H groups in total. The van der Waals surface area contributed by atoms with Crippen molar-refractivity contribution in [1.82, 2.24) is 4.57 Å². The van der Waals surface area contributed by atoms with Crippen LogP contribution in [0.25, 0.3) is 22.4 Å². The van der Waals surface area contributed by atoms with Crippen LogP contribution in [-0.2, 0) is 13.0 Å². The van der Waals surface area contributed by atoms with Gasteiger partial charge in [0, 0.05) is 23.4 Å². The van der Waals surface area contributed by atoms with Gasteiger partial charge in [-0.15, -0.1) is 0 Å². The lowest BCUT2D eigenvalue weighted by molar-refractivity contribution is 0.0698. The minimum Gasteiger partial charge on any atom is -0.504 e. The van der Waals surface area contributed by atoms with E-state index in [0.29, 0.717) is 47.0 Å². The monoisotopic (exact) mass is 469 g/mol. The number of hydrogen-bond acceptors (Lipinski definition) is 6. The SMILES string of the molecule is CC.COc1cc2c(cc1OC)-c1c(C(=O)O)c(-c3cc(O)c(OC)c(OC)c3)c(C)n1CC2. The van der Waals surface area contributed by atoms with Gasteiger partial charge in [-0.05, 0) is 48.7 Å². The minimum absolute atomic E-state index is 0.131. The number of aryl methyl sites for hydroxylation is 1. The van der Waals surface area contributed by atoms with Crippen molar-refractivity contribution in [3.05, 3.63) is 41.1 Å². The highest BCUT2D eigenvalue weighted by Gasteiger charge is 2.32. The Hall–Kier alpha value is -3.81. The summed E-state index contributed by atoms with van der Waals surface area (Å²) in [7, 11) is 6.02. The van der Waals surface area contributed by atoms with Gasteiger partial charge in [0.1, 0.15) is 0 Å². The lowest BCUT2D eigenvalue weighted by Crippen LogP contribution is -2.14. The van der Waals surface area contributed by atoms with Crippen molar-refractivity contribution in [1.29, 1.82) is 0 Å². The van der Waals surface area contributed by atoms with E-state index >= 15 is 0 Å². The molecule has 0 aliphatic carbocycles. The van der Waals surface area contributed by atoms with Crippen LogP contribution in [0.2, 0.25) is 0 Å². The molecular weight excluding hydrogens is 438 g/mol. The van der Waals surface area contributed by atoms with Gasteiger partial charge < -0.3 is 33.7 Å². The Morgan fingerprint density at radius 1 is 0.912 bits per heavy atom. The van der Waals surface area contributed by atoms with E-state index in [0.717, 1.165) is 16.8 Å². The molecular formula is C26H31NO7. The third-order valence-electron chi connectivity index (χ3n) is 5.95. The Morgan fingerprint density at radius 3 is 2.09 bits per heavy atom. The predicted octanol–water partition coefficient (Wildman–Crippen LogP) is 5.15. The summed E-state index contributed by atoms with van der Waals surface area (Å²) in [4.78, 5) is 12.5. The van der Waals surface area contributed by atoms with Crippen LogP contribution in [-0.4, -0.2) is 49.2 Å². The number of carboxylic acids is 1. The molecule has 1 aromatic heterocycles. The number of rotatable bonds is 6. The lowest BCUT2D eigenvalue weighted by Gasteiger charge is -2.23. The van der Waals surface area contributed by atoms with Crippen molar-refractivity contribution in [2.75, 3.05) is 28.4 Å². The first kappa shape index (κ1) is 24.8. The molecule has 1 aliphatic rings. The zero-order valence-corrected chi connectivity index (χ0v) is 20.6. The van der Waals surface area contributed by atoms with Crippen LogP contribution in [0.3, 0.4) is 0 Å². The Kier molecular flexibility index (Phi) is 7.29. The number of phenolic OH excluding ortho intramolecular Hbond substituents is 1. The fraction of sp³-hybridized carbons (Fsp3) is 0.346. The van der Waals surface area contributed by atoms with Crippen LogP contribution in [0.4, 0.5) is 0 Å². The average molecular weight is 470 g/mol. The van der Waals surface area contributed by atoms with Gasteiger partial charge in [0.2, 0.25) is 5.75 Å². The Bertz CT molecular complexity index is 1230. The second-order valence-electron chi connectivity index (χ2n) is 7.49. The molecule has 2 aromatic carbocycles. The number of aromatic nitrogens is 1. The summed E-state index contributed by atoms with van der Waals surface area (Å²) in [5.74, 6) is 0.443. The highest BCUT2D eigenvalue weighted by atomic mass is 16.5. The quantitative estimate of drug-likeness (QED) is 0.515. The van der Waals surface area contributed by atoms with Crippen LogP contribution in [0.15, 0.2) is 24.3 Å². The smallest absolute Gasteiger partial charge is 0.338 e. The molecule has 0 bridgehead atoms. The van der Waals surface area contributed by atoms with Crippen LogP contribution in [0.1, 0.15) is 35.5 Å². The molecule has 4 rings (SSSR count). The van der Waals surface area contributed by atoms with Gasteiger partial charge in [0.15, 0.2) is 23.0 Å². The van der Waals surface area contributed by atoms with E-state index in [-0.39, 0.29) is 17.1 Å². The van der Waals surface area contributed by atoms with E-state index in [2.05, 4.69) is 0 Å². The van der Waals surface area contributed by atoms with Crippen LogP contribution in [0.5, 0.6) is 28.7 Å². The number of ether oxygens (including phenoxy) is 4. The predicted molar refractivity (Wildman–Crippen MR) is 130 cm³/mol. The van der Waals surface area contributed by atoms with E-state index in [1.165, 1.54) is 20.3 Å². The standard InChI is InChI=1S/C24H25NO7.C2H6/c1-12-20(14-8-16(26)23(32-5)19(10-14)31-4)21(24(27)28)22-15-11-18(30-3)17(29-2)9-13(15)6-7-25(12)22;1-2/h8-11,26H,6-7H2,1-5H3,(H,27,28);1-2H3. The molecule has 0 saturated carbocycles. The molecule has 2 heterocycles. The summed E-state index contributed by atoms with van der Waals surface area (Å²) < 4.78 is 23.5. The van der Waals surface area contributed by atoms with Crippen molar-refractivity contribution in [2.24, 2.45) is 0 Å². The van der Waals surface area contributed by atoms with Crippen LogP contribution < -0.4 is 18.9 Å². The second kappa shape index (κ2) is 9.99. The van der Waals surface area contributed by atoms with Crippen LogP contribution >= 0.6 is 0 Å². The fourth-order valence-electron chi connectivity index (χ4n) is 4.53. The second-order valence-corrected chi connectivity index (χ2v) is 7.49. The van der Waals surface area contributed by atoms with E-state index < -0.39 is 5.97 Å². The number of phenols is 1. The summed E-state index contributed by atoms with van der Waals surface area (Å²) >= 11 is 0. The minimum atomic E-state index is -1.06. The third-order valence-corrected chi connectivity index (χ3v) is 5.95. The molecule has 8 nitrogen and oxygen atoms in total. The van der Waals surface area contributed by atoms with E-state index in [4.69, 9.17) is 18.9 Å². The highest BCUT2D eigenvalue weighted by Crippen LogP contribution is 2.47. The topological polar surface area (TPSA) is 99.4 Å². The fourth-order valence-corrected chi connectivity index (χ4v) is 4.53. The summed E-state index contributed by atoms with van der Waals surface area (Å²) in [6, 6.07) is 6.89. The van der Waals surface area contributed by atoms with Gasteiger partial charge in [0.05, 0.1) is 39.7 Å². The van der Waals surface area contributed by atoms with Crippen molar-refractivity contribution < 1.29 is 34.0 Å². The number of hydrogen-bond donors (Lipinski definition) is 2. The number of carboxylic acid groups (broad SMARTS) is 1. The molecule has 0 amide bonds. The first-order valence-corrected chi connectivity index (χ1v) is 11.0. The molecule has 3 aromatic rings. The molecule has 8 heteroatoms. The number of nitrogens with zero attached hydrogens (tertiary/aromatic N) is 1. The molecule has 1 aliphatic heterocycles.